The molecule has 0 saturated carbocycles. The first kappa shape index (κ1) is 16.6. The van der Waals surface area contributed by atoms with Crippen LogP contribution in [-0.4, -0.2) is 34.1 Å². The Morgan fingerprint density at radius 3 is 2.77 bits per heavy atom. The number of carboxylic acids is 1. The minimum absolute atomic E-state index is 0.0394. The lowest BCUT2D eigenvalue weighted by Gasteiger charge is -2.10. The summed E-state index contributed by atoms with van der Waals surface area (Å²) in [6.07, 6.45) is 0.841. The lowest BCUT2D eigenvalue weighted by Crippen LogP contribution is -2.25. The molecule has 118 valence electrons. The smallest absolute Gasteiger partial charge is 0.303 e. The van der Waals surface area contributed by atoms with Crippen LogP contribution in [0.5, 0.6) is 5.75 Å². The van der Waals surface area contributed by atoms with E-state index in [9.17, 15) is 14.4 Å². The van der Waals surface area contributed by atoms with Crippen LogP contribution in [0.4, 0.5) is 4.79 Å². The van der Waals surface area contributed by atoms with Crippen molar-refractivity contribution in [3.8, 4) is 5.75 Å². The quantitative estimate of drug-likeness (QED) is 0.739. The van der Waals surface area contributed by atoms with Gasteiger partial charge in [0.15, 0.2) is 0 Å². The van der Waals surface area contributed by atoms with Crippen molar-refractivity contribution in [3.63, 3.8) is 0 Å². The van der Waals surface area contributed by atoms with Crippen LogP contribution in [0.25, 0.3) is 0 Å². The summed E-state index contributed by atoms with van der Waals surface area (Å²) in [6, 6.07) is 5.14. The van der Waals surface area contributed by atoms with Gasteiger partial charge in [-0.3, -0.25) is 19.7 Å². The van der Waals surface area contributed by atoms with Crippen molar-refractivity contribution >= 4 is 40.5 Å². The van der Waals surface area contributed by atoms with Gasteiger partial charge < -0.3 is 9.84 Å². The summed E-state index contributed by atoms with van der Waals surface area (Å²) in [5, 5.41) is 10.4. The van der Waals surface area contributed by atoms with Gasteiger partial charge in [0, 0.05) is 6.42 Å². The monoisotopic (exact) mass is 343 g/mol. The van der Waals surface area contributed by atoms with Gasteiger partial charge in [-0.15, -0.1) is 0 Å². The van der Waals surface area contributed by atoms with Gasteiger partial charge in [-0.2, -0.15) is 0 Å². The van der Waals surface area contributed by atoms with Gasteiger partial charge in [0.2, 0.25) is 5.91 Å². The second-order valence-electron chi connectivity index (χ2n) is 4.70. The molecule has 1 aliphatic heterocycles. The number of rotatable bonds is 7. The maximum absolute atomic E-state index is 11.5. The van der Waals surface area contributed by atoms with E-state index in [-0.39, 0.29) is 24.2 Å². The molecular formula is C14H14ClNO5S. The summed E-state index contributed by atoms with van der Waals surface area (Å²) in [5.74, 6) is -0.692. The van der Waals surface area contributed by atoms with Gasteiger partial charge >= 0.3 is 5.97 Å². The molecule has 1 aromatic rings. The minimum atomic E-state index is -0.869. The van der Waals surface area contributed by atoms with E-state index in [1.165, 1.54) is 0 Å². The summed E-state index contributed by atoms with van der Waals surface area (Å²) < 4.78 is 5.42. The third-order valence-electron chi connectivity index (χ3n) is 2.98. The van der Waals surface area contributed by atoms with E-state index in [1.54, 1.807) is 18.2 Å². The number of nitrogens with one attached hydrogen (secondary N) is 1. The molecule has 1 aromatic carbocycles. The van der Waals surface area contributed by atoms with Crippen molar-refractivity contribution in [3.05, 3.63) is 28.8 Å². The van der Waals surface area contributed by atoms with Crippen LogP contribution in [0.15, 0.2) is 18.2 Å². The zero-order chi connectivity index (χ0) is 16.1. The predicted molar refractivity (Wildman–Crippen MR) is 82.4 cm³/mol. The molecular weight excluding hydrogens is 330 g/mol. The summed E-state index contributed by atoms with van der Waals surface area (Å²) >= 11 is 7.07. The highest BCUT2D eigenvalue weighted by molar-refractivity contribution is 8.15. The molecule has 2 N–H and O–H groups in total. The lowest BCUT2D eigenvalue weighted by molar-refractivity contribution is -0.137. The highest BCUT2D eigenvalue weighted by Gasteiger charge is 2.31. The molecule has 0 radical (unpaired) electrons. The van der Waals surface area contributed by atoms with Crippen molar-refractivity contribution in [2.75, 3.05) is 6.61 Å². The molecule has 1 unspecified atom stereocenters. The van der Waals surface area contributed by atoms with E-state index in [0.29, 0.717) is 23.6 Å². The Morgan fingerprint density at radius 1 is 1.41 bits per heavy atom. The fraction of sp³-hybridized carbons (Fsp3) is 0.357. The molecule has 0 spiro atoms. The fourth-order valence-electron chi connectivity index (χ4n) is 1.94. The van der Waals surface area contributed by atoms with Crippen molar-refractivity contribution in [2.24, 2.45) is 0 Å². The van der Waals surface area contributed by atoms with Crippen molar-refractivity contribution in [1.82, 2.24) is 5.32 Å². The predicted octanol–water partition coefficient (Wildman–Crippen LogP) is 2.48. The van der Waals surface area contributed by atoms with Crippen LogP contribution in [0.3, 0.4) is 0 Å². The molecule has 2 rings (SSSR count). The third kappa shape index (κ3) is 4.64. The number of halogens is 1. The second kappa shape index (κ2) is 7.51. The number of aliphatic carboxylic acids is 1. The van der Waals surface area contributed by atoms with Crippen molar-refractivity contribution < 1.29 is 24.2 Å². The molecule has 1 heterocycles. The molecule has 8 heteroatoms. The Bertz CT molecular complexity index is 607. The number of carbonyl (C=O) groups excluding carboxylic acids is 2. The van der Waals surface area contributed by atoms with E-state index >= 15 is 0 Å². The van der Waals surface area contributed by atoms with Gasteiger partial charge in [0.1, 0.15) is 5.75 Å². The van der Waals surface area contributed by atoms with Gasteiger partial charge in [0.05, 0.1) is 16.9 Å². The molecule has 1 atom stereocenters. The largest absolute Gasteiger partial charge is 0.492 e. The first-order chi connectivity index (χ1) is 10.5. The van der Waals surface area contributed by atoms with E-state index in [1.807, 2.05) is 0 Å². The normalized spacial score (nSPS) is 17.4. The van der Waals surface area contributed by atoms with E-state index in [2.05, 4.69) is 5.32 Å². The topological polar surface area (TPSA) is 92.7 Å². The van der Waals surface area contributed by atoms with Gasteiger partial charge in [-0.1, -0.05) is 29.4 Å². The van der Waals surface area contributed by atoms with Crippen molar-refractivity contribution in [2.45, 2.75) is 24.5 Å². The van der Waals surface area contributed by atoms with Gasteiger partial charge in [-0.05, 0) is 30.5 Å². The molecule has 1 aliphatic rings. The van der Waals surface area contributed by atoms with E-state index in [4.69, 9.17) is 21.4 Å². The van der Waals surface area contributed by atoms with Crippen LogP contribution < -0.4 is 10.1 Å². The summed E-state index contributed by atoms with van der Waals surface area (Å²) in [6.45, 7) is 0.265. The zero-order valence-corrected chi connectivity index (χ0v) is 13.1. The Morgan fingerprint density at radius 2 is 2.18 bits per heavy atom. The number of amides is 2. The summed E-state index contributed by atoms with van der Waals surface area (Å²) in [5.41, 5.74) is 0.824. The number of imide groups is 1. The molecule has 1 fully saturated rings. The van der Waals surface area contributed by atoms with Crippen LogP contribution >= 0.6 is 23.4 Å². The Kier molecular flexibility index (Phi) is 5.68. The molecule has 2 amide bonds. The summed E-state index contributed by atoms with van der Waals surface area (Å²) in [4.78, 5) is 33.0. The van der Waals surface area contributed by atoms with Crippen LogP contribution in [0, 0.1) is 0 Å². The highest BCUT2D eigenvalue weighted by atomic mass is 35.5. The number of ether oxygens (including phenoxy) is 1. The SMILES string of the molecule is O=C(O)CCCOc1ccc(CC2SC(=O)NC2=O)cc1Cl. The highest BCUT2D eigenvalue weighted by Crippen LogP contribution is 2.29. The zero-order valence-electron chi connectivity index (χ0n) is 11.5. The van der Waals surface area contributed by atoms with E-state index in [0.717, 1.165) is 17.3 Å². The number of carboxylic acid groups (broad SMARTS) is 1. The molecule has 0 aliphatic carbocycles. The minimum Gasteiger partial charge on any atom is -0.492 e. The standard InChI is InChI=1S/C14H14ClNO5S/c15-9-6-8(7-11-13(19)16-14(20)22-11)3-4-10(9)21-5-1-2-12(17)18/h3-4,6,11H,1-2,5,7H2,(H,17,18)(H,16,19,20). The average Bonchev–Trinajstić information content (AvgIpc) is 2.74. The molecule has 1 saturated heterocycles. The first-order valence-electron chi connectivity index (χ1n) is 6.60. The molecule has 0 bridgehead atoms. The Labute approximate surface area is 136 Å². The fourth-order valence-corrected chi connectivity index (χ4v) is 3.05. The maximum Gasteiger partial charge on any atom is 0.303 e. The Balaban J connectivity index is 1.90. The van der Waals surface area contributed by atoms with Crippen LogP contribution in [0.1, 0.15) is 18.4 Å². The first-order valence-corrected chi connectivity index (χ1v) is 7.86. The van der Waals surface area contributed by atoms with E-state index < -0.39 is 11.2 Å². The number of hydrogen-bond acceptors (Lipinski definition) is 5. The second-order valence-corrected chi connectivity index (χ2v) is 6.28. The van der Waals surface area contributed by atoms with Crippen LogP contribution in [0.2, 0.25) is 5.02 Å². The molecule has 22 heavy (non-hydrogen) atoms. The molecule has 0 aromatic heterocycles. The average molecular weight is 344 g/mol. The maximum atomic E-state index is 11.5. The van der Waals surface area contributed by atoms with Gasteiger partial charge in [0.25, 0.3) is 5.24 Å². The number of thioether (sulfide) groups is 1. The summed E-state index contributed by atoms with van der Waals surface area (Å²) in [7, 11) is 0. The lowest BCUT2D eigenvalue weighted by atomic mass is 10.1. The third-order valence-corrected chi connectivity index (χ3v) is 4.25. The number of carbonyl (C=O) groups is 3. The molecule has 6 nitrogen and oxygen atoms in total. The van der Waals surface area contributed by atoms with Crippen LogP contribution in [-0.2, 0) is 16.0 Å². The van der Waals surface area contributed by atoms with Gasteiger partial charge in [-0.25, -0.2) is 0 Å². The van der Waals surface area contributed by atoms with Crippen molar-refractivity contribution in [1.29, 1.82) is 0 Å². The Hall–Kier alpha value is -1.73. The number of benzene rings is 1. The number of hydrogen-bond donors (Lipinski definition) is 2.